The van der Waals surface area contributed by atoms with Crippen LogP contribution in [-0.4, -0.2) is 30.1 Å². The number of ether oxygens (including phenoxy) is 1. The van der Waals surface area contributed by atoms with Crippen LogP contribution in [0.5, 0.6) is 5.75 Å². The first-order chi connectivity index (χ1) is 9.99. The Balaban J connectivity index is 2.65. The van der Waals surface area contributed by atoms with Gasteiger partial charge in [0.1, 0.15) is 0 Å². The predicted octanol–water partition coefficient (Wildman–Crippen LogP) is 3.11. The molecule has 8 heteroatoms. The number of carbonyl (C=O) groups excluding carboxylic acids is 1. The number of hydrogen-bond donors (Lipinski definition) is 3. The topological polar surface area (TPSA) is 70.6 Å². The Labute approximate surface area is 126 Å². The quantitative estimate of drug-likeness (QED) is 0.798. The van der Waals surface area contributed by atoms with Crippen LogP contribution in [0.3, 0.4) is 0 Å². The zero-order valence-corrected chi connectivity index (χ0v) is 12.5. The number of aliphatic hydroxyl groups excluding tert-OH is 1. The summed E-state index contributed by atoms with van der Waals surface area (Å²) in [6, 6.07) is 4.45. The Hall–Kier alpha value is -1.96. The summed E-state index contributed by atoms with van der Waals surface area (Å²) in [5, 5.41) is 14.4. The van der Waals surface area contributed by atoms with E-state index in [9.17, 15) is 23.1 Å². The Kier molecular flexibility index (Phi) is 5.65. The average molecular weight is 320 g/mol. The molecule has 0 radical (unpaired) electrons. The fourth-order valence-electron chi connectivity index (χ4n) is 1.45. The van der Waals surface area contributed by atoms with Gasteiger partial charge in [0.15, 0.2) is 5.75 Å². The van der Waals surface area contributed by atoms with E-state index in [1.165, 1.54) is 18.2 Å². The number of carbonyl (C=O) groups is 1. The summed E-state index contributed by atoms with van der Waals surface area (Å²) in [7, 11) is 0. The van der Waals surface area contributed by atoms with Crippen molar-refractivity contribution >= 4 is 11.7 Å². The summed E-state index contributed by atoms with van der Waals surface area (Å²) in [6.07, 6.45) is -5.64. The summed E-state index contributed by atoms with van der Waals surface area (Å²) in [5.41, 5.74) is -0.549. The molecular formula is C14H19F3N2O3. The van der Waals surface area contributed by atoms with Crippen molar-refractivity contribution in [2.75, 3.05) is 11.9 Å². The fraction of sp³-hybridized carbons (Fsp3) is 0.500. The van der Waals surface area contributed by atoms with Crippen molar-refractivity contribution < 1.29 is 27.8 Å². The third-order valence-corrected chi connectivity index (χ3v) is 2.82. The molecule has 0 spiro atoms. The molecule has 0 saturated heterocycles. The standard InChI is InChI=1S/C14H19F3N2O3/c1-13(2,3)11(20)8-18-12(21)19-9-6-4-5-7-10(9)22-14(15,16)17/h4-7,11,20H,8H2,1-3H3,(H2,18,19,21). The van der Waals surface area contributed by atoms with Gasteiger partial charge in [0.2, 0.25) is 0 Å². The molecule has 1 atom stereocenters. The van der Waals surface area contributed by atoms with Gasteiger partial charge in [0.25, 0.3) is 0 Å². The number of para-hydroxylation sites is 2. The maximum absolute atomic E-state index is 12.3. The highest BCUT2D eigenvalue weighted by molar-refractivity contribution is 5.90. The van der Waals surface area contributed by atoms with Gasteiger partial charge in [-0.15, -0.1) is 13.2 Å². The third kappa shape index (κ3) is 6.21. The molecular weight excluding hydrogens is 301 g/mol. The van der Waals surface area contributed by atoms with Gasteiger partial charge in [-0.25, -0.2) is 4.79 Å². The SMILES string of the molecule is CC(C)(C)C(O)CNC(=O)Nc1ccccc1OC(F)(F)F. The number of alkyl halides is 3. The van der Waals surface area contributed by atoms with E-state index in [-0.39, 0.29) is 12.2 Å². The molecule has 3 N–H and O–H groups in total. The van der Waals surface area contributed by atoms with E-state index in [0.29, 0.717) is 0 Å². The molecule has 1 aromatic carbocycles. The summed E-state index contributed by atoms with van der Waals surface area (Å²) in [5.74, 6) is -0.512. The zero-order valence-electron chi connectivity index (χ0n) is 12.5. The second-order valence-corrected chi connectivity index (χ2v) is 5.76. The Morgan fingerprint density at radius 3 is 2.41 bits per heavy atom. The minimum Gasteiger partial charge on any atom is -0.404 e. The van der Waals surface area contributed by atoms with Gasteiger partial charge >= 0.3 is 12.4 Å². The fourth-order valence-corrected chi connectivity index (χ4v) is 1.45. The summed E-state index contributed by atoms with van der Waals surface area (Å²) in [6.45, 7) is 5.36. The number of anilines is 1. The minimum atomic E-state index is -4.85. The van der Waals surface area contributed by atoms with E-state index >= 15 is 0 Å². The van der Waals surface area contributed by atoms with Crippen molar-refractivity contribution in [2.45, 2.75) is 33.2 Å². The molecule has 0 saturated carbocycles. The number of rotatable bonds is 4. The van der Waals surface area contributed by atoms with E-state index < -0.39 is 29.7 Å². The number of urea groups is 1. The van der Waals surface area contributed by atoms with Crippen LogP contribution in [0.15, 0.2) is 24.3 Å². The Morgan fingerprint density at radius 2 is 1.86 bits per heavy atom. The molecule has 1 aromatic rings. The van der Waals surface area contributed by atoms with Gasteiger partial charge in [-0.2, -0.15) is 0 Å². The van der Waals surface area contributed by atoms with Crippen LogP contribution >= 0.6 is 0 Å². The second kappa shape index (κ2) is 6.87. The molecule has 2 amide bonds. The lowest BCUT2D eigenvalue weighted by atomic mass is 9.89. The molecule has 0 aliphatic carbocycles. The molecule has 5 nitrogen and oxygen atoms in total. The molecule has 1 rings (SSSR count). The van der Waals surface area contributed by atoms with Crippen LogP contribution in [0.4, 0.5) is 23.7 Å². The number of halogens is 3. The van der Waals surface area contributed by atoms with Gasteiger partial charge in [0.05, 0.1) is 11.8 Å². The van der Waals surface area contributed by atoms with Crippen molar-refractivity contribution in [1.29, 1.82) is 0 Å². The lowest BCUT2D eigenvalue weighted by Crippen LogP contribution is -2.41. The average Bonchev–Trinajstić information content (AvgIpc) is 2.35. The molecule has 0 aliphatic rings. The summed E-state index contributed by atoms with van der Waals surface area (Å²) in [4.78, 5) is 11.7. The lowest BCUT2D eigenvalue weighted by molar-refractivity contribution is -0.274. The van der Waals surface area contributed by atoms with E-state index in [1.807, 2.05) is 0 Å². The van der Waals surface area contributed by atoms with E-state index in [2.05, 4.69) is 15.4 Å². The summed E-state index contributed by atoms with van der Waals surface area (Å²) >= 11 is 0. The van der Waals surface area contributed by atoms with Crippen LogP contribution in [0.25, 0.3) is 0 Å². The molecule has 0 heterocycles. The normalized spacial score (nSPS) is 13.4. The number of benzene rings is 1. The highest BCUT2D eigenvalue weighted by atomic mass is 19.4. The Bertz CT molecular complexity index is 513. The van der Waals surface area contributed by atoms with E-state index in [1.54, 1.807) is 20.8 Å². The smallest absolute Gasteiger partial charge is 0.404 e. The van der Waals surface area contributed by atoms with Gasteiger partial charge in [-0.05, 0) is 17.5 Å². The monoisotopic (exact) mass is 320 g/mol. The van der Waals surface area contributed by atoms with Crippen molar-refractivity contribution in [1.82, 2.24) is 5.32 Å². The van der Waals surface area contributed by atoms with Crippen molar-refractivity contribution in [3.63, 3.8) is 0 Å². The number of amides is 2. The maximum atomic E-state index is 12.3. The zero-order chi connectivity index (χ0) is 17.0. The molecule has 0 fully saturated rings. The van der Waals surface area contributed by atoms with Gasteiger partial charge in [-0.3, -0.25) is 0 Å². The van der Waals surface area contributed by atoms with Crippen LogP contribution in [0, 0.1) is 5.41 Å². The predicted molar refractivity (Wildman–Crippen MR) is 75.6 cm³/mol. The largest absolute Gasteiger partial charge is 0.573 e. The van der Waals surface area contributed by atoms with Crippen molar-refractivity contribution in [3.8, 4) is 5.75 Å². The van der Waals surface area contributed by atoms with Gasteiger partial charge in [0, 0.05) is 6.54 Å². The highest BCUT2D eigenvalue weighted by Gasteiger charge is 2.32. The molecule has 0 aromatic heterocycles. The number of aliphatic hydroxyl groups is 1. The van der Waals surface area contributed by atoms with Crippen molar-refractivity contribution in [3.05, 3.63) is 24.3 Å². The molecule has 22 heavy (non-hydrogen) atoms. The molecule has 124 valence electrons. The van der Waals surface area contributed by atoms with E-state index in [0.717, 1.165) is 6.07 Å². The minimum absolute atomic E-state index is 0.0301. The van der Waals surface area contributed by atoms with Crippen LogP contribution in [0.1, 0.15) is 20.8 Å². The molecule has 0 bridgehead atoms. The van der Waals surface area contributed by atoms with Crippen molar-refractivity contribution in [2.24, 2.45) is 5.41 Å². The lowest BCUT2D eigenvalue weighted by Gasteiger charge is -2.26. The van der Waals surface area contributed by atoms with Gasteiger partial charge in [-0.1, -0.05) is 32.9 Å². The molecule has 0 aliphatic heterocycles. The first-order valence-electron chi connectivity index (χ1n) is 6.57. The van der Waals surface area contributed by atoms with Crippen LogP contribution < -0.4 is 15.4 Å². The van der Waals surface area contributed by atoms with Crippen LogP contribution in [0.2, 0.25) is 0 Å². The first-order valence-corrected chi connectivity index (χ1v) is 6.57. The highest BCUT2D eigenvalue weighted by Crippen LogP contribution is 2.29. The number of nitrogens with one attached hydrogen (secondary N) is 2. The van der Waals surface area contributed by atoms with E-state index in [4.69, 9.17) is 0 Å². The third-order valence-electron chi connectivity index (χ3n) is 2.82. The maximum Gasteiger partial charge on any atom is 0.573 e. The van der Waals surface area contributed by atoms with Crippen LogP contribution in [-0.2, 0) is 0 Å². The van der Waals surface area contributed by atoms with Gasteiger partial charge < -0.3 is 20.5 Å². The number of hydrogen-bond acceptors (Lipinski definition) is 3. The Morgan fingerprint density at radius 1 is 1.27 bits per heavy atom. The second-order valence-electron chi connectivity index (χ2n) is 5.76. The first kappa shape index (κ1) is 18.1. The summed E-state index contributed by atoms with van der Waals surface area (Å²) < 4.78 is 40.6. The molecule has 1 unspecified atom stereocenters.